The fraction of sp³-hybridized carbons (Fsp3) is 0.667. The summed E-state index contributed by atoms with van der Waals surface area (Å²) in [4.78, 5) is 24.8. The standard InChI is InChI=1S/C18H30N2O5/c1-18(2,3)12-13(21)10-11-20-14(16(24)19-17(20)25)8-6-4-5-7-9-15(22)23/h4,6,13,21,24H,5,7-12H2,1-3H3,(H,19,25)(H,22,23). The highest BCUT2D eigenvalue weighted by Crippen LogP contribution is 2.22. The lowest BCUT2D eigenvalue weighted by Crippen LogP contribution is -2.24. The van der Waals surface area contributed by atoms with Gasteiger partial charge in [0.2, 0.25) is 5.88 Å². The maximum absolute atomic E-state index is 11.9. The molecule has 0 fully saturated rings. The molecule has 0 aliphatic carbocycles. The molecular formula is C18H30N2O5. The Bertz CT molecular complexity index is 637. The molecule has 0 radical (unpaired) electrons. The zero-order valence-corrected chi connectivity index (χ0v) is 15.3. The van der Waals surface area contributed by atoms with Gasteiger partial charge in [-0.2, -0.15) is 0 Å². The summed E-state index contributed by atoms with van der Waals surface area (Å²) in [5.74, 6) is -0.982. The van der Waals surface area contributed by atoms with Crippen molar-refractivity contribution < 1.29 is 20.1 Å². The fourth-order valence-electron chi connectivity index (χ4n) is 2.71. The number of H-pyrrole nitrogens is 1. The van der Waals surface area contributed by atoms with Crippen LogP contribution in [-0.2, 0) is 17.8 Å². The lowest BCUT2D eigenvalue weighted by Gasteiger charge is -2.22. The van der Waals surface area contributed by atoms with Gasteiger partial charge < -0.3 is 15.3 Å². The molecule has 0 bridgehead atoms. The number of allylic oxidation sites excluding steroid dienone is 2. The Morgan fingerprint density at radius 3 is 2.60 bits per heavy atom. The Hall–Kier alpha value is -2.02. The minimum Gasteiger partial charge on any atom is -0.493 e. The summed E-state index contributed by atoms with van der Waals surface area (Å²) in [6.07, 6.45) is 5.89. The number of aromatic nitrogens is 2. The number of carboxylic acid groups (broad SMARTS) is 1. The van der Waals surface area contributed by atoms with Crippen LogP contribution in [0.2, 0.25) is 0 Å². The van der Waals surface area contributed by atoms with E-state index in [2.05, 4.69) is 4.98 Å². The lowest BCUT2D eigenvalue weighted by molar-refractivity contribution is -0.137. The van der Waals surface area contributed by atoms with Crippen LogP contribution >= 0.6 is 0 Å². The summed E-state index contributed by atoms with van der Waals surface area (Å²) in [7, 11) is 0. The minimum absolute atomic E-state index is 0.00613. The van der Waals surface area contributed by atoms with Crippen molar-refractivity contribution in [1.82, 2.24) is 9.55 Å². The maximum Gasteiger partial charge on any atom is 0.328 e. The van der Waals surface area contributed by atoms with Crippen LogP contribution in [0.1, 0.15) is 58.6 Å². The summed E-state index contributed by atoms with van der Waals surface area (Å²) in [6.45, 7) is 6.47. The van der Waals surface area contributed by atoms with Crippen molar-refractivity contribution in [3.63, 3.8) is 0 Å². The number of unbranched alkanes of at least 4 members (excludes halogenated alkanes) is 1. The zero-order valence-electron chi connectivity index (χ0n) is 15.3. The predicted molar refractivity (Wildman–Crippen MR) is 95.7 cm³/mol. The van der Waals surface area contributed by atoms with Crippen LogP contribution in [-0.4, -0.2) is 36.9 Å². The highest BCUT2D eigenvalue weighted by Gasteiger charge is 2.18. The molecule has 0 aliphatic rings. The van der Waals surface area contributed by atoms with Crippen molar-refractivity contribution in [2.24, 2.45) is 5.41 Å². The van der Waals surface area contributed by atoms with E-state index in [1.807, 2.05) is 32.9 Å². The van der Waals surface area contributed by atoms with Gasteiger partial charge in [0.25, 0.3) is 0 Å². The summed E-state index contributed by atoms with van der Waals surface area (Å²) < 4.78 is 1.45. The van der Waals surface area contributed by atoms with Crippen LogP contribution in [0.4, 0.5) is 0 Å². The van der Waals surface area contributed by atoms with Crippen molar-refractivity contribution in [2.75, 3.05) is 0 Å². The number of nitrogens with one attached hydrogen (secondary N) is 1. The molecule has 0 saturated heterocycles. The van der Waals surface area contributed by atoms with Crippen molar-refractivity contribution in [1.29, 1.82) is 0 Å². The second kappa shape index (κ2) is 9.46. The van der Waals surface area contributed by atoms with E-state index in [9.17, 15) is 19.8 Å². The first kappa shape index (κ1) is 21.0. The average Bonchev–Trinajstić information content (AvgIpc) is 2.72. The van der Waals surface area contributed by atoms with Gasteiger partial charge >= 0.3 is 11.7 Å². The van der Waals surface area contributed by atoms with Gasteiger partial charge in [-0.3, -0.25) is 14.3 Å². The number of carboxylic acids is 1. The molecule has 4 N–H and O–H groups in total. The van der Waals surface area contributed by atoms with E-state index in [1.54, 1.807) is 0 Å². The fourth-order valence-corrected chi connectivity index (χ4v) is 2.71. The molecule has 0 amide bonds. The molecule has 7 heteroatoms. The van der Waals surface area contributed by atoms with Crippen LogP contribution < -0.4 is 5.69 Å². The number of carbonyl (C=O) groups is 1. The van der Waals surface area contributed by atoms with Gasteiger partial charge in [-0.1, -0.05) is 32.9 Å². The monoisotopic (exact) mass is 354 g/mol. The summed E-state index contributed by atoms with van der Waals surface area (Å²) in [6, 6.07) is 0. The zero-order chi connectivity index (χ0) is 19.0. The number of aliphatic hydroxyl groups excluding tert-OH is 1. The Labute approximate surface area is 148 Å². The highest BCUT2D eigenvalue weighted by atomic mass is 16.4. The minimum atomic E-state index is -0.820. The molecule has 142 valence electrons. The molecule has 1 atom stereocenters. The van der Waals surface area contributed by atoms with Crippen LogP contribution in [0.15, 0.2) is 16.9 Å². The highest BCUT2D eigenvalue weighted by molar-refractivity contribution is 5.66. The second-order valence-electron chi connectivity index (χ2n) is 7.55. The lowest BCUT2D eigenvalue weighted by atomic mass is 9.88. The topological polar surface area (TPSA) is 116 Å². The van der Waals surface area contributed by atoms with E-state index in [0.29, 0.717) is 44.3 Å². The Balaban J connectivity index is 2.62. The van der Waals surface area contributed by atoms with Gasteiger partial charge in [0.1, 0.15) is 0 Å². The molecule has 1 heterocycles. The first-order chi connectivity index (χ1) is 11.6. The second-order valence-corrected chi connectivity index (χ2v) is 7.55. The normalized spacial score (nSPS) is 13.4. The molecule has 1 rings (SSSR count). The van der Waals surface area contributed by atoms with Crippen molar-refractivity contribution in [3.8, 4) is 5.88 Å². The molecule has 1 unspecified atom stereocenters. The number of imidazole rings is 1. The molecule has 1 aromatic rings. The number of hydrogen-bond donors (Lipinski definition) is 4. The summed E-state index contributed by atoms with van der Waals surface area (Å²) in [5.41, 5.74) is 0.0869. The molecular weight excluding hydrogens is 324 g/mol. The quantitative estimate of drug-likeness (QED) is 0.380. The van der Waals surface area contributed by atoms with Gasteiger partial charge in [-0.25, -0.2) is 4.79 Å². The number of aromatic hydroxyl groups is 1. The van der Waals surface area contributed by atoms with Gasteiger partial charge in [0.05, 0.1) is 11.8 Å². The van der Waals surface area contributed by atoms with E-state index in [-0.39, 0.29) is 17.7 Å². The maximum atomic E-state index is 11.9. The Kier molecular flexibility index (Phi) is 7.96. The van der Waals surface area contributed by atoms with Crippen molar-refractivity contribution >= 4 is 5.97 Å². The average molecular weight is 354 g/mol. The third-order valence-corrected chi connectivity index (χ3v) is 3.84. The van der Waals surface area contributed by atoms with Gasteiger partial charge in [0.15, 0.2) is 0 Å². The molecule has 0 saturated carbocycles. The largest absolute Gasteiger partial charge is 0.493 e. The molecule has 0 aliphatic heterocycles. The summed E-state index contributed by atoms with van der Waals surface area (Å²) >= 11 is 0. The van der Waals surface area contributed by atoms with E-state index >= 15 is 0 Å². The van der Waals surface area contributed by atoms with Gasteiger partial charge in [-0.15, -0.1) is 0 Å². The van der Waals surface area contributed by atoms with E-state index in [4.69, 9.17) is 5.11 Å². The van der Waals surface area contributed by atoms with Crippen molar-refractivity contribution in [3.05, 3.63) is 28.3 Å². The SMILES string of the molecule is CC(C)(C)CC(O)CCn1c(CC=CCCCC(=O)O)c(O)[nH]c1=O. The van der Waals surface area contributed by atoms with Crippen LogP contribution in [0.3, 0.4) is 0 Å². The molecule has 25 heavy (non-hydrogen) atoms. The van der Waals surface area contributed by atoms with Gasteiger partial charge in [-0.05, 0) is 31.1 Å². The Morgan fingerprint density at radius 2 is 2.00 bits per heavy atom. The first-order valence-electron chi connectivity index (χ1n) is 8.65. The number of aromatic amines is 1. The third kappa shape index (κ3) is 8.07. The number of nitrogens with zero attached hydrogens (tertiary/aromatic N) is 1. The van der Waals surface area contributed by atoms with Crippen LogP contribution in [0.5, 0.6) is 5.88 Å². The first-order valence-corrected chi connectivity index (χ1v) is 8.65. The van der Waals surface area contributed by atoms with Crippen molar-refractivity contribution in [2.45, 2.75) is 71.9 Å². The smallest absolute Gasteiger partial charge is 0.328 e. The number of aliphatic carboxylic acids is 1. The van der Waals surface area contributed by atoms with E-state index in [0.717, 1.165) is 0 Å². The molecule has 0 spiro atoms. The molecule has 7 nitrogen and oxygen atoms in total. The number of aliphatic hydroxyl groups is 1. The summed E-state index contributed by atoms with van der Waals surface area (Å²) in [5, 5.41) is 28.6. The van der Waals surface area contributed by atoms with E-state index in [1.165, 1.54) is 4.57 Å². The van der Waals surface area contributed by atoms with E-state index < -0.39 is 17.8 Å². The van der Waals surface area contributed by atoms with Crippen LogP contribution in [0.25, 0.3) is 0 Å². The predicted octanol–water partition coefficient (Wildman–Crippen LogP) is 2.42. The third-order valence-electron chi connectivity index (χ3n) is 3.84. The molecule has 1 aromatic heterocycles. The Morgan fingerprint density at radius 1 is 1.32 bits per heavy atom. The molecule has 0 aromatic carbocycles. The number of hydrogen-bond acceptors (Lipinski definition) is 4. The van der Waals surface area contributed by atoms with Gasteiger partial charge in [0, 0.05) is 19.4 Å². The number of rotatable bonds is 10. The van der Waals surface area contributed by atoms with Crippen LogP contribution in [0, 0.1) is 5.41 Å².